The van der Waals surface area contributed by atoms with Gasteiger partial charge in [0.2, 0.25) is 0 Å². The van der Waals surface area contributed by atoms with Crippen molar-refractivity contribution in [3.05, 3.63) is 66.0 Å². The Morgan fingerprint density at radius 2 is 1.61 bits per heavy atom. The Labute approximate surface area is 217 Å². The minimum Gasteiger partial charge on any atom is -0.475 e. The van der Waals surface area contributed by atoms with E-state index in [0.717, 1.165) is 61.9 Å². The van der Waals surface area contributed by atoms with Crippen molar-refractivity contribution < 1.29 is 27.9 Å². The molecule has 3 heterocycles. The lowest BCUT2D eigenvalue weighted by Crippen LogP contribution is -2.45. The maximum atomic E-state index is 13.2. The molecule has 8 nitrogen and oxygen atoms in total. The van der Waals surface area contributed by atoms with E-state index < -0.39 is 12.1 Å². The Morgan fingerprint density at radius 1 is 0.947 bits per heavy atom. The summed E-state index contributed by atoms with van der Waals surface area (Å²) in [6, 6.07) is 17.4. The van der Waals surface area contributed by atoms with E-state index in [2.05, 4.69) is 22.0 Å². The summed E-state index contributed by atoms with van der Waals surface area (Å²) in [7, 11) is 0. The fourth-order valence-corrected chi connectivity index (χ4v) is 5.31. The zero-order valence-electron chi connectivity index (χ0n) is 20.5. The number of carbonyl (C=O) groups is 2. The second kappa shape index (κ2) is 11.0. The van der Waals surface area contributed by atoms with Gasteiger partial charge in [0, 0.05) is 30.6 Å². The normalized spacial score (nSPS) is 19.4. The Balaban J connectivity index is 0.000000426. The van der Waals surface area contributed by atoms with Crippen LogP contribution < -0.4 is 4.90 Å². The van der Waals surface area contributed by atoms with Gasteiger partial charge in [0.1, 0.15) is 12.1 Å². The van der Waals surface area contributed by atoms with E-state index in [0.29, 0.717) is 17.7 Å². The molecular weight excluding hydrogens is 499 g/mol. The number of carboxylic acid groups (broad SMARTS) is 1. The molecule has 0 aliphatic carbocycles. The average Bonchev–Trinajstić information content (AvgIpc) is 3.20. The van der Waals surface area contributed by atoms with Crippen LogP contribution in [0.5, 0.6) is 0 Å². The van der Waals surface area contributed by atoms with E-state index >= 15 is 0 Å². The topological polar surface area (TPSA) is 110 Å². The molecule has 1 spiro atoms. The first kappa shape index (κ1) is 26.9. The van der Waals surface area contributed by atoms with Crippen molar-refractivity contribution >= 4 is 28.6 Å². The lowest BCUT2D eigenvalue weighted by Gasteiger charge is -2.39. The number of carbonyl (C=O) groups excluding carboxylic acids is 1. The molecule has 0 radical (unpaired) electrons. The highest BCUT2D eigenvalue weighted by Gasteiger charge is 2.43. The summed E-state index contributed by atoms with van der Waals surface area (Å²) in [6.07, 6.45) is 1.71. The van der Waals surface area contributed by atoms with Crippen molar-refractivity contribution in [1.29, 1.82) is 5.26 Å². The van der Waals surface area contributed by atoms with Crippen molar-refractivity contribution in [1.82, 2.24) is 14.9 Å². The van der Waals surface area contributed by atoms with Gasteiger partial charge in [-0.25, -0.2) is 14.8 Å². The highest BCUT2D eigenvalue weighted by Crippen LogP contribution is 2.42. The van der Waals surface area contributed by atoms with Crippen LogP contribution in [0, 0.1) is 11.3 Å². The van der Waals surface area contributed by atoms with Gasteiger partial charge in [0.15, 0.2) is 0 Å². The summed E-state index contributed by atoms with van der Waals surface area (Å²) in [4.78, 5) is 35.6. The number of hydrogen-bond acceptors (Lipinski definition) is 6. The van der Waals surface area contributed by atoms with E-state index in [1.165, 1.54) is 0 Å². The molecule has 38 heavy (non-hydrogen) atoms. The molecule has 1 N–H and O–H groups in total. The molecule has 0 saturated carbocycles. The van der Waals surface area contributed by atoms with Crippen LogP contribution in [0.3, 0.4) is 0 Å². The summed E-state index contributed by atoms with van der Waals surface area (Å²) in [6.45, 7) is 2.39. The van der Waals surface area contributed by atoms with Crippen LogP contribution in [0.1, 0.15) is 48.0 Å². The van der Waals surface area contributed by atoms with Crippen LogP contribution in [0.4, 0.5) is 19.0 Å². The van der Waals surface area contributed by atoms with Crippen molar-refractivity contribution in [2.75, 3.05) is 24.5 Å². The van der Waals surface area contributed by atoms with Gasteiger partial charge in [-0.1, -0.05) is 24.3 Å². The predicted molar refractivity (Wildman–Crippen MR) is 133 cm³/mol. The fraction of sp³-hybridized carbons (Fsp3) is 0.370. The molecule has 2 saturated heterocycles. The van der Waals surface area contributed by atoms with E-state index in [-0.39, 0.29) is 11.4 Å². The predicted octanol–water partition coefficient (Wildman–Crippen LogP) is 4.80. The number of nitriles is 1. The monoisotopic (exact) mass is 525 g/mol. The van der Waals surface area contributed by atoms with Gasteiger partial charge in [-0.05, 0) is 56.4 Å². The molecule has 3 aromatic rings. The number of anilines is 1. The zero-order chi connectivity index (χ0) is 27.3. The minimum absolute atomic E-state index is 0.0148. The maximum Gasteiger partial charge on any atom is 0.490 e. The molecule has 198 valence electrons. The van der Waals surface area contributed by atoms with Crippen molar-refractivity contribution in [2.45, 2.75) is 43.8 Å². The van der Waals surface area contributed by atoms with Crippen LogP contribution in [0.15, 0.2) is 54.9 Å². The van der Waals surface area contributed by atoms with Gasteiger partial charge in [-0.3, -0.25) is 4.79 Å². The van der Waals surface area contributed by atoms with Crippen molar-refractivity contribution in [2.24, 2.45) is 0 Å². The van der Waals surface area contributed by atoms with Crippen molar-refractivity contribution in [3.8, 4) is 6.07 Å². The molecule has 1 atom stereocenters. The number of hydrogen-bond donors (Lipinski definition) is 1. The van der Waals surface area contributed by atoms with Gasteiger partial charge in [-0.15, -0.1) is 0 Å². The highest BCUT2D eigenvalue weighted by atomic mass is 19.4. The van der Waals surface area contributed by atoms with E-state index in [1.54, 1.807) is 24.5 Å². The third kappa shape index (κ3) is 5.54. The smallest absolute Gasteiger partial charge is 0.475 e. The Morgan fingerprint density at radius 3 is 2.32 bits per heavy atom. The molecular formula is C27H26F3N5O3. The van der Waals surface area contributed by atoms with E-state index in [4.69, 9.17) is 14.9 Å². The number of nitrogens with zero attached hydrogens (tertiary/aromatic N) is 5. The van der Waals surface area contributed by atoms with Crippen LogP contribution in [0.25, 0.3) is 10.9 Å². The standard InChI is InChI=1S/C25H25N5O.C2HF3O2/c26-17-19-7-1-2-8-20(19)24(31)29-14-5-11-25(13-16-29)12-6-15-30(25)23-21-9-3-4-10-22(21)27-18-28-23;3-2(4,5)1(6)7/h1-4,7-10,18H,5-6,11-16H2;(H,6,7). The second-order valence-corrected chi connectivity index (χ2v) is 9.30. The molecule has 0 bridgehead atoms. The first-order valence-electron chi connectivity index (χ1n) is 12.2. The number of fused-ring (bicyclic) bond motifs is 1. The molecule has 2 fully saturated rings. The molecule has 1 unspecified atom stereocenters. The minimum atomic E-state index is -5.08. The van der Waals surface area contributed by atoms with Gasteiger partial charge in [-0.2, -0.15) is 18.4 Å². The number of benzene rings is 2. The summed E-state index contributed by atoms with van der Waals surface area (Å²) in [5.74, 6) is -1.78. The van der Waals surface area contributed by atoms with Gasteiger partial charge < -0.3 is 14.9 Å². The maximum absolute atomic E-state index is 13.2. The fourth-order valence-electron chi connectivity index (χ4n) is 5.31. The third-order valence-corrected chi connectivity index (χ3v) is 7.10. The Bertz CT molecular complexity index is 1370. The molecule has 5 rings (SSSR count). The zero-order valence-corrected chi connectivity index (χ0v) is 20.5. The first-order chi connectivity index (χ1) is 18.2. The average molecular weight is 526 g/mol. The molecule has 1 aromatic heterocycles. The lowest BCUT2D eigenvalue weighted by atomic mass is 9.87. The van der Waals surface area contributed by atoms with Crippen LogP contribution >= 0.6 is 0 Å². The number of para-hydroxylation sites is 1. The molecule has 2 aliphatic rings. The number of rotatable bonds is 2. The van der Waals surface area contributed by atoms with Crippen LogP contribution in [0.2, 0.25) is 0 Å². The number of halogens is 3. The summed E-state index contributed by atoms with van der Waals surface area (Å²) in [5.41, 5.74) is 1.93. The highest BCUT2D eigenvalue weighted by molar-refractivity contribution is 5.96. The second-order valence-electron chi connectivity index (χ2n) is 9.30. The SMILES string of the molecule is N#Cc1ccccc1C(=O)N1CCCC2(CCCN2c2ncnc3ccccc23)CC1.O=C(O)C(F)(F)F. The Hall–Kier alpha value is -4.20. The van der Waals surface area contributed by atoms with E-state index in [9.17, 15) is 23.2 Å². The van der Waals surface area contributed by atoms with Gasteiger partial charge in [0.05, 0.1) is 22.7 Å². The first-order valence-corrected chi connectivity index (χ1v) is 12.2. The Kier molecular flexibility index (Phi) is 7.80. The van der Waals surface area contributed by atoms with Gasteiger partial charge >= 0.3 is 12.1 Å². The van der Waals surface area contributed by atoms with Crippen LogP contribution in [-0.4, -0.2) is 63.2 Å². The number of amides is 1. The molecule has 2 aromatic carbocycles. The van der Waals surface area contributed by atoms with Crippen molar-refractivity contribution in [3.63, 3.8) is 0 Å². The molecule has 2 aliphatic heterocycles. The number of carboxylic acids is 1. The summed E-state index contributed by atoms with van der Waals surface area (Å²) < 4.78 is 31.7. The lowest BCUT2D eigenvalue weighted by molar-refractivity contribution is -0.192. The molecule has 1 amide bonds. The number of alkyl halides is 3. The van der Waals surface area contributed by atoms with E-state index in [1.807, 2.05) is 29.2 Å². The van der Waals surface area contributed by atoms with Crippen LogP contribution in [-0.2, 0) is 4.79 Å². The molecule has 11 heteroatoms. The third-order valence-electron chi connectivity index (χ3n) is 7.10. The largest absolute Gasteiger partial charge is 0.490 e. The quantitative estimate of drug-likeness (QED) is 0.512. The number of likely N-dealkylation sites (tertiary alicyclic amines) is 1. The summed E-state index contributed by atoms with van der Waals surface area (Å²) in [5, 5.41) is 17.6. The van der Waals surface area contributed by atoms with Gasteiger partial charge in [0.25, 0.3) is 5.91 Å². The summed E-state index contributed by atoms with van der Waals surface area (Å²) >= 11 is 0. The number of aliphatic carboxylic acids is 1. The number of aromatic nitrogens is 2.